The average molecular weight is 508 g/mol. The van der Waals surface area contributed by atoms with Gasteiger partial charge in [0.05, 0.1) is 11.0 Å². The van der Waals surface area contributed by atoms with Crippen molar-refractivity contribution in [2.24, 2.45) is 0 Å². The van der Waals surface area contributed by atoms with Crippen LogP contribution in [0.25, 0.3) is 21.5 Å². The summed E-state index contributed by atoms with van der Waals surface area (Å²) >= 11 is 6.99. The minimum Gasteiger partial charge on any atom is -0.369 e. The Morgan fingerprint density at radius 1 is 1.18 bits per heavy atom. The second-order valence-electron chi connectivity index (χ2n) is 7.29. The third-order valence-corrected chi connectivity index (χ3v) is 6.45. The van der Waals surface area contributed by atoms with Crippen LogP contribution in [0, 0.1) is 0 Å². The number of nitrogens with zero attached hydrogens (tertiary/aromatic N) is 3. The largest absolute Gasteiger partial charge is 0.493 e. The van der Waals surface area contributed by atoms with Crippen LogP contribution < -0.4 is 15.7 Å². The lowest BCUT2D eigenvalue weighted by Gasteiger charge is -2.34. The second kappa shape index (κ2) is 7.92. The molecule has 3 N–H and O–H groups in total. The zero-order valence-electron chi connectivity index (χ0n) is 16.9. The summed E-state index contributed by atoms with van der Waals surface area (Å²) in [5.41, 5.74) is 7.84. The van der Waals surface area contributed by atoms with E-state index in [0.717, 1.165) is 16.4 Å². The first-order valence-electron chi connectivity index (χ1n) is 9.64. The second-order valence-corrected chi connectivity index (χ2v) is 8.77. The van der Waals surface area contributed by atoms with E-state index < -0.39 is 24.7 Å². The Kier molecular flexibility index (Phi) is 5.14. The van der Waals surface area contributed by atoms with E-state index in [4.69, 9.17) is 17.3 Å². The molecular formula is C21H13ClF3N5O3S. The number of carbonyl (C=O) groups excluding carboxylic acids is 2. The third-order valence-electron chi connectivity index (χ3n) is 5.04. The number of imidazole rings is 1. The predicted molar refractivity (Wildman–Crippen MR) is 122 cm³/mol. The maximum absolute atomic E-state index is 13.4. The molecule has 0 aliphatic carbocycles. The van der Waals surface area contributed by atoms with Crippen LogP contribution in [0.5, 0.6) is 0 Å². The van der Waals surface area contributed by atoms with Crippen LogP contribution in [0.15, 0.2) is 48.5 Å². The van der Waals surface area contributed by atoms with Crippen LogP contribution >= 0.6 is 22.9 Å². The summed E-state index contributed by atoms with van der Waals surface area (Å²) < 4.78 is 38.8. The molecule has 174 valence electrons. The van der Waals surface area contributed by atoms with E-state index in [-0.39, 0.29) is 16.5 Å². The molecule has 8 nitrogen and oxygen atoms in total. The predicted octanol–water partition coefficient (Wildman–Crippen LogP) is 4.97. The SMILES string of the molecule is Nc1nc2ccc(N3CN(OC(=O)C(F)(F)F)c4cc(-c5ccc(Cl)cc5)sc4C3=O)cc2[nH]1. The van der Waals surface area contributed by atoms with Crippen LogP contribution in [-0.4, -0.2) is 34.7 Å². The van der Waals surface area contributed by atoms with Gasteiger partial charge in [0.1, 0.15) is 17.2 Å². The van der Waals surface area contributed by atoms with E-state index in [9.17, 15) is 22.8 Å². The maximum atomic E-state index is 13.4. The van der Waals surface area contributed by atoms with E-state index in [2.05, 4.69) is 14.8 Å². The molecular weight excluding hydrogens is 495 g/mol. The smallest absolute Gasteiger partial charge is 0.369 e. The number of nitrogen functional groups attached to an aromatic ring is 1. The van der Waals surface area contributed by atoms with Crippen molar-refractivity contribution in [3.63, 3.8) is 0 Å². The normalized spacial score (nSPS) is 13.9. The van der Waals surface area contributed by atoms with Crippen LogP contribution in [0.4, 0.5) is 30.5 Å². The van der Waals surface area contributed by atoms with Crippen LogP contribution in [0.3, 0.4) is 0 Å². The highest BCUT2D eigenvalue weighted by Gasteiger charge is 2.45. The fourth-order valence-corrected chi connectivity index (χ4v) is 4.71. The van der Waals surface area contributed by atoms with E-state index in [0.29, 0.717) is 32.2 Å². The number of halogens is 4. The highest BCUT2D eigenvalue weighted by atomic mass is 35.5. The van der Waals surface area contributed by atoms with E-state index in [1.54, 1.807) is 42.5 Å². The van der Waals surface area contributed by atoms with Gasteiger partial charge in [-0.05, 0) is 42.0 Å². The van der Waals surface area contributed by atoms with Gasteiger partial charge in [0.15, 0.2) is 5.95 Å². The standard InChI is InChI=1S/C21H13ClF3N5O3S/c22-11-3-1-10(2-4-11)16-8-15-17(34-16)18(31)29(9-30(15)33-19(32)21(23,24)25)12-5-6-13-14(7-12)28-20(26)27-13/h1-8H,9H2,(H3,26,27,28). The number of anilines is 3. The molecule has 0 saturated carbocycles. The van der Waals surface area contributed by atoms with Crippen LogP contribution in [-0.2, 0) is 9.63 Å². The molecule has 0 saturated heterocycles. The Hall–Kier alpha value is -3.77. The van der Waals surface area contributed by atoms with Crippen molar-refractivity contribution in [1.82, 2.24) is 9.97 Å². The number of aromatic amines is 1. The number of H-pyrrole nitrogens is 1. The third kappa shape index (κ3) is 3.90. The van der Waals surface area contributed by atoms with E-state index in [1.165, 1.54) is 11.0 Å². The molecule has 2 aromatic carbocycles. The van der Waals surface area contributed by atoms with Gasteiger partial charge in [0.25, 0.3) is 5.91 Å². The Labute approximate surface area is 198 Å². The van der Waals surface area contributed by atoms with Gasteiger partial charge in [0, 0.05) is 15.6 Å². The number of rotatable bonds is 3. The fourth-order valence-electron chi connectivity index (χ4n) is 3.48. The fraction of sp³-hybridized carbons (Fsp3) is 0.0952. The summed E-state index contributed by atoms with van der Waals surface area (Å²) in [6, 6.07) is 13.0. The zero-order valence-corrected chi connectivity index (χ0v) is 18.5. The summed E-state index contributed by atoms with van der Waals surface area (Å²) in [5.74, 6) is -2.69. The van der Waals surface area contributed by atoms with Crippen LogP contribution in [0.2, 0.25) is 5.02 Å². The van der Waals surface area contributed by atoms with Crippen molar-refractivity contribution in [2.75, 3.05) is 22.4 Å². The van der Waals surface area contributed by atoms with Gasteiger partial charge >= 0.3 is 12.1 Å². The van der Waals surface area contributed by atoms with E-state index in [1.807, 2.05) is 0 Å². The lowest BCUT2D eigenvalue weighted by Crippen LogP contribution is -2.48. The molecule has 5 rings (SSSR count). The maximum Gasteiger partial charge on any atom is 0.493 e. The van der Waals surface area contributed by atoms with Crippen molar-refractivity contribution >= 4 is 63.2 Å². The molecule has 1 aliphatic rings. The highest BCUT2D eigenvalue weighted by Crippen LogP contribution is 2.42. The Balaban J connectivity index is 1.58. The van der Waals surface area contributed by atoms with Gasteiger partial charge in [0.2, 0.25) is 0 Å². The number of thiophene rings is 1. The summed E-state index contributed by atoms with van der Waals surface area (Å²) in [5, 5.41) is 1.26. The van der Waals surface area contributed by atoms with Crippen molar-refractivity contribution < 1.29 is 27.6 Å². The Bertz CT molecular complexity index is 1430. The van der Waals surface area contributed by atoms with Gasteiger partial charge in [-0.25, -0.2) is 9.78 Å². The molecule has 0 spiro atoms. The zero-order chi connectivity index (χ0) is 24.2. The number of hydrogen-bond acceptors (Lipinski definition) is 7. The molecule has 0 fully saturated rings. The first kappa shape index (κ1) is 22.0. The first-order chi connectivity index (χ1) is 16.1. The Morgan fingerprint density at radius 3 is 2.62 bits per heavy atom. The number of nitrogens with one attached hydrogen (secondary N) is 1. The number of alkyl halides is 3. The molecule has 2 aromatic heterocycles. The summed E-state index contributed by atoms with van der Waals surface area (Å²) in [7, 11) is 0. The highest BCUT2D eigenvalue weighted by molar-refractivity contribution is 7.18. The molecule has 1 amide bonds. The van der Waals surface area contributed by atoms with Gasteiger partial charge in [-0.2, -0.15) is 18.2 Å². The van der Waals surface area contributed by atoms with Crippen molar-refractivity contribution in [2.45, 2.75) is 6.18 Å². The lowest BCUT2D eigenvalue weighted by atomic mass is 10.1. The van der Waals surface area contributed by atoms with Gasteiger partial charge in [-0.1, -0.05) is 23.7 Å². The molecule has 0 radical (unpaired) electrons. The number of hydrogen-bond donors (Lipinski definition) is 2. The molecule has 0 unspecified atom stereocenters. The number of benzene rings is 2. The topological polar surface area (TPSA) is 105 Å². The summed E-state index contributed by atoms with van der Waals surface area (Å²) in [6.07, 6.45) is -5.21. The molecule has 4 aromatic rings. The minimum atomic E-state index is -5.21. The summed E-state index contributed by atoms with van der Waals surface area (Å²) in [4.78, 5) is 38.5. The number of nitrogens with two attached hydrogens (primary N) is 1. The molecule has 3 heterocycles. The van der Waals surface area contributed by atoms with Gasteiger partial charge in [-0.3, -0.25) is 9.69 Å². The molecule has 0 bridgehead atoms. The van der Waals surface area contributed by atoms with E-state index >= 15 is 0 Å². The number of hydroxylamine groups is 1. The minimum absolute atomic E-state index is 0.0562. The first-order valence-corrected chi connectivity index (χ1v) is 10.8. The quantitative estimate of drug-likeness (QED) is 0.405. The lowest BCUT2D eigenvalue weighted by molar-refractivity contribution is -0.201. The Morgan fingerprint density at radius 2 is 1.91 bits per heavy atom. The van der Waals surface area contributed by atoms with Crippen molar-refractivity contribution in [3.8, 4) is 10.4 Å². The monoisotopic (exact) mass is 507 g/mol. The van der Waals surface area contributed by atoms with Gasteiger partial charge in [-0.15, -0.1) is 11.3 Å². The summed E-state index contributed by atoms with van der Waals surface area (Å²) in [6.45, 7) is -0.459. The molecule has 13 heteroatoms. The van der Waals surface area contributed by atoms with Crippen molar-refractivity contribution in [3.05, 3.63) is 58.4 Å². The van der Waals surface area contributed by atoms with Crippen LogP contribution in [0.1, 0.15) is 9.67 Å². The van der Waals surface area contributed by atoms with Crippen molar-refractivity contribution in [1.29, 1.82) is 0 Å². The molecule has 34 heavy (non-hydrogen) atoms. The average Bonchev–Trinajstić information content (AvgIpc) is 3.38. The molecule has 1 aliphatic heterocycles. The number of carbonyl (C=O) groups is 2. The number of fused-ring (bicyclic) bond motifs is 2. The number of aromatic nitrogens is 2. The number of amides is 1. The van der Waals surface area contributed by atoms with Gasteiger partial charge < -0.3 is 15.6 Å². The molecule has 0 atom stereocenters.